The van der Waals surface area contributed by atoms with Gasteiger partial charge in [0.25, 0.3) is 0 Å². The van der Waals surface area contributed by atoms with Crippen molar-refractivity contribution in [3.8, 4) is 5.75 Å². The minimum atomic E-state index is -0.618. The first-order valence-corrected chi connectivity index (χ1v) is 7.66. The first kappa shape index (κ1) is 17.6. The Morgan fingerprint density at radius 1 is 0.957 bits per heavy atom. The van der Waals surface area contributed by atoms with Gasteiger partial charge in [-0.1, -0.05) is 65.1 Å². The molecular weight excluding hydrogens is 361 g/mol. The van der Waals surface area contributed by atoms with Gasteiger partial charge in [0.1, 0.15) is 12.4 Å². The van der Waals surface area contributed by atoms with Crippen LogP contribution < -0.4 is 4.74 Å². The van der Waals surface area contributed by atoms with Gasteiger partial charge in [-0.3, -0.25) is 0 Å². The van der Waals surface area contributed by atoms with Gasteiger partial charge in [-0.2, -0.15) is 0 Å². The van der Waals surface area contributed by atoms with E-state index in [2.05, 4.69) is 0 Å². The summed E-state index contributed by atoms with van der Waals surface area (Å²) in [5, 5.41) is 8.64. The van der Waals surface area contributed by atoms with Crippen LogP contribution in [-0.4, -0.2) is 24.9 Å². The Kier molecular flexibility index (Phi) is 6.28. The van der Waals surface area contributed by atoms with E-state index in [1.807, 2.05) is 6.07 Å². The third-order valence-corrected chi connectivity index (χ3v) is 3.84. The number of carbonyl (C=O) groups is 1. The normalized spacial score (nSPS) is 10.2. The van der Waals surface area contributed by atoms with Crippen LogP contribution in [0.5, 0.6) is 5.75 Å². The summed E-state index contributed by atoms with van der Waals surface area (Å²) in [6.07, 6.45) is 0. The van der Waals surface area contributed by atoms with Crippen LogP contribution in [0.25, 0.3) is 0 Å². The van der Waals surface area contributed by atoms with Crippen LogP contribution in [-0.2, 0) is 9.53 Å². The molecule has 2 rings (SSSR count). The molecule has 120 valence electrons. The molecule has 0 saturated carbocycles. The monoisotopic (exact) mass is 371 g/mol. The number of halogens is 3. The van der Waals surface area contributed by atoms with Crippen molar-refractivity contribution in [2.45, 2.75) is 0 Å². The molecule has 23 heavy (non-hydrogen) atoms. The molecule has 2 aromatic carbocycles. The zero-order valence-electron chi connectivity index (χ0n) is 11.8. The molecule has 0 unspecified atom stereocenters. The van der Waals surface area contributed by atoms with E-state index < -0.39 is 5.97 Å². The number of benzene rings is 2. The van der Waals surface area contributed by atoms with Crippen LogP contribution in [0.2, 0.25) is 15.1 Å². The summed E-state index contributed by atoms with van der Waals surface area (Å²) < 4.78 is 10.2. The predicted octanol–water partition coefficient (Wildman–Crippen LogP) is 4.64. The molecule has 0 aromatic heterocycles. The molecular formula is C16H12Cl3NO3. The third kappa shape index (κ3) is 5.13. The number of rotatable bonds is 6. The van der Waals surface area contributed by atoms with Crippen LogP contribution in [0.4, 0.5) is 0 Å². The smallest absolute Gasteiger partial charge is 0.344 e. The lowest BCUT2D eigenvalue weighted by Crippen LogP contribution is -2.19. The topological polar surface area (TPSA) is 59.4 Å². The van der Waals surface area contributed by atoms with Gasteiger partial charge in [-0.25, -0.2) is 4.79 Å². The Hall–Kier alpha value is -1.75. The average Bonchev–Trinajstić information content (AvgIpc) is 2.55. The van der Waals surface area contributed by atoms with Crippen molar-refractivity contribution in [2.75, 3.05) is 13.2 Å². The maximum Gasteiger partial charge on any atom is 0.344 e. The van der Waals surface area contributed by atoms with E-state index in [9.17, 15) is 4.79 Å². The van der Waals surface area contributed by atoms with E-state index in [4.69, 9.17) is 49.7 Å². The predicted molar refractivity (Wildman–Crippen MR) is 91.2 cm³/mol. The fourth-order valence-electron chi connectivity index (χ4n) is 1.67. The number of carbonyl (C=O) groups excluding carboxylic acids is 1. The Morgan fingerprint density at radius 2 is 1.61 bits per heavy atom. The van der Waals surface area contributed by atoms with Gasteiger partial charge in [0.15, 0.2) is 6.61 Å². The van der Waals surface area contributed by atoms with Crippen LogP contribution in [0.1, 0.15) is 5.56 Å². The highest BCUT2D eigenvalue weighted by atomic mass is 35.5. The number of hydrogen-bond acceptors (Lipinski definition) is 4. The molecule has 0 aliphatic heterocycles. The quantitative estimate of drug-likeness (QED) is 0.456. The molecule has 0 spiro atoms. The Labute approximate surface area is 148 Å². The van der Waals surface area contributed by atoms with E-state index in [1.165, 1.54) is 12.1 Å². The van der Waals surface area contributed by atoms with Crippen molar-refractivity contribution in [1.82, 2.24) is 0 Å². The van der Waals surface area contributed by atoms with E-state index in [1.54, 1.807) is 24.3 Å². The van der Waals surface area contributed by atoms with Gasteiger partial charge in [-0.15, -0.1) is 0 Å². The SMILES string of the molecule is N=C(COC(=O)COc1cc(Cl)c(Cl)cc1Cl)c1ccccc1. The van der Waals surface area contributed by atoms with Crippen molar-refractivity contribution in [3.05, 3.63) is 63.1 Å². The molecule has 0 aliphatic carbocycles. The lowest BCUT2D eigenvalue weighted by Gasteiger charge is -2.10. The summed E-state index contributed by atoms with van der Waals surface area (Å²) in [4.78, 5) is 11.7. The van der Waals surface area contributed by atoms with Crippen LogP contribution in [0, 0.1) is 5.41 Å². The highest BCUT2D eigenvalue weighted by Gasteiger charge is 2.11. The summed E-state index contributed by atoms with van der Waals surface area (Å²) in [6.45, 7) is -0.485. The summed E-state index contributed by atoms with van der Waals surface area (Å²) in [6, 6.07) is 11.8. The van der Waals surface area contributed by atoms with Crippen molar-refractivity contribution < 1.29 is 14.3 Å². The molecule has 2 aromatic rings. The lowest BCUT2D eigenvalue weighted by molar-refractivity contribution is -0.144. The molecule has 0 bridgehead atoms. The number of hydrogen-bond donors (Lipinski definition) is 1. The Bertz CT molecular complexity index is 720. The largest absolute Gasteiger partial charge is 0.480 e. The minimum Gasteiger partial charge on any atom is -0.480 e. The highest BCUT2D eigenvalue weighted by Crippen LogP contribution is 2.33. The number of ether oxygens (including phenoxy) is 2. The molecule has 0 saturated heterocycles. The maximum atomic E-state index is 11.7. The van der Waals surface area contributed by atoms with E-state index in [0.717, 1.165) is 0 Å². The molecule has 0 fully saturated rings. The highest BCUT2D eigenvalue weighted by molar-refractivity contribution is 6.43. The average molecular weight is 373 g/mol. The van der Waals surface area contributed by atoms with Crippen molar-refractivity contribution >= 4 is 46.5 Å². The zero-order valence-corrected chi connectivity index (χ0v) is 14.1. The standard InChI is InChI=1S/C16H12Cl3NO3/c17-11-6-13(19)15(7-12(11)18)22-9-16(21)23-8-14(20)10-4-2-1-3-5-10/h1-7,20H,8-9H2. The van der Waals surface area contributed by atoms with E-state index >= 15 is 0 Å². The first-order chi connectivity index (χ1) is 11.0. The summed E-state index contributed by atoms with van der Waals surface area (Å²) >= 11 is 17.6. The molecule has 0 heterocycles. The van der Waals surface area contributed by atoms with Gasteiger partial charge in [-0.05, 0) is 11.6 Å². The zero-order chi connectivity index (χ0) is 16.8. The van der Waals surface area contributed by atoms with Crippen molar-refractivity contribution in [1.29, 1.82) is 5.41 Å². The summed E-state index contributed by atoms with van der Waals surface area (Å²) in [5.74, 6) is -0.385. The first-order valence-electron chi connectivity index (χ1n) is 6.53. The molecule has 0 aliphatic rings. The summed E-state index contributed by atoms with van der Waals surface area (Å²) in [7, 11) is 0. The third-order valence-electron chi connectivity index (χ3n) is 2.82. The molecule has 0 atom stereocenters. The van der Waals surface area contributed by atoms with Crippen LogP contribution in [0.15, 0.2) is 42.5 Å². The fourth-order valence-corrected chi connectivity index (χ4v) is 2.26. The fraction of sp³-hybridized carbons (Fsp3) is 0.125. The lowest BCUT2D eigenvalue weighted by atomic mass is 10.1. The molecule has 1 N–H and O–H groups in total. The summed E-state index contributed by atoms with van der Waals surface area (Å²) in [5.41, 5.74) is 0.889. The second-order valence-electron chi connectivity index (χ2n) is 4.49. The second kappa shape index (κ2) is 8.20. The molecule has 7 heteroatoms. The van der Waals surface area contributed by atoms with Gasteiger partial charge < -0.3 is 14.9 Å². The Morgan fingerprint density at radius 3 is 2.30 bits per heavy atom. The maximum absolute atomic E-state index is 11.7. The number of esters is 1. The van der Waals surface area contributed by atoms with E-state index in [0.29, 0.717) is 10.6 Å². The minimum absolute atomic E-state index is 0.138. The van der Waals surface area contributed by atoms with Gasteiger partial charge in [0, 0.05) is 6.07 Å². The van der Waals surface area contributed by atoms with E-state index in [-0.39, 0.29) is 34.7 Å². The molecule has 0 radical (unpaired) electrons. The van der Waals surface area contributed by atoms with Gasteiger partial charge in [0.05, 0.1) is 20.8 Å². The Balaban J connectivity index is 1.84. The van der Waals surface area contributed by atoms with Crippen LogP contribution >= 0.6 is 34.8 Å². The molecule has 4 nitrogen and oxygen atoms in total. The van der Waals surface area contributed by atoms with Gasteiger partial charge in [0.2, 0.25) is 0 Å². The molecule has 0 amide bonds. The second-order valence-corrected chi connectivity index (χ2v) is 5.71. The van der Waals surface area contributed by atoms with Crippen LogP contribution in [0.3, 0.4) is 0 Å². The van der Waals surface area contributed by atoms with Crippen molar-refractivity contribution in [2.24, 2.45) is 0 Å². The number of nitrogens with one attached hydrogen (secondary N) is 1. The van der Waals surface area contributed by atoms with Crippen molar-refractivity contribution in [3.63, 3.8) is 0 Å². The van der Waals surface area contributed by atoms with Gasteiger partial charge >= 0.3 is 5.97 Å².